The number of ether oxygens (including phenoxy) is 2. The fourth-order valence-corrected chi connectivity index (χ4v) is 3.33. The fourth-order valence-electron chi connectivity index (χ4n) is 3.33. The number of carbonyl (C=O) groups excluding carboxylic acids is 1. The first-order valence-electron chi connectivity index (χ1n) is 8.69. The van der Waals surface area contributed by atoms with Crippen LogP contribution in [0.25, 0.3) is 0 Å². The molecule has 1 spiro atoms. The Labute approximate surface area is 150 Å². The lowest BCUT2D eigenvalue weighted by Crippen LogP contribution is -2.45. The second kappa shape index (κ2) is 7.01. The fraction of sp³-hybridized carbons (Fsp3) is 0.368. The van der Waals surface area contributed by atoms with Crippen molar-refractivity contribution in [2.75, 3.05) is 36.5 Å². The van der Waals surface area contributed by atoms with Gasteiger partial charge in [0, 0.05) is 43.4 Å². The lowest BCUT2D eigenvalue weighted by Gasteiger charge is -2.38. The number of benzene rings is 1. The van der Waals surface area contributed by atoms with Crippen LogP contribution in [0.5, 0.6) is 0 Å². The maximum absolute atomic E-state index is 13.0. The molecule has 0 atom stereocenters. The van der Waals surface area contributed by atoms with E-state index in [0.717, 1.165) is 31.7 Å². The number of halogens is 1. The molecular weight excluding hydrogens is 337 g/mol. The van der Waals surface area contributed by atoms with Crippen LogP contribution in [0.15, 0.2) is 42.6 Å². The van der Waals surface area contributed by atoms with Gasteiger partial charge in [-0.15, -0.1) is 0 Å². The summed E-state index contributed by atoms with van der Waals surface area (Å²) in [5, 5.41) is 2.76. The van der Waals surface area contributed by atoms with Crippen LogP contribution in [-0.4, -0.2) is 43.0 Å². The summed E-state index contributed by atoms with van der Waals surface area (Å²) in [6.07, 6.45) is 3.18. The third-order valence-corrected chi connectivity index (χ3v) is 4.77. The number of rotatable bonds is 3. The van der Waals surface area contributed by atoms with E-state index in [1.165, 1.54) is 24.3 Å². The summed E-state index contributed by atoms with van der Waals surface area (Å²) in [6.45, 7) is 2.82. The Morgan fingerprint density at radius 1 is 1.12 bits per heavy atom. The maximum Gasteiger partial charge on any atom is 0.255 e. The van der Waals surface area contributed by atoms with Gasteiger partial charge in [0.1, 0.15) is 11.6 Å². The van der Waals surface area contributed by atoms with Crippen molar-refractivity contribution < 1.29 is 18.7 Å². The van der Waals surface area contributed by atoms with E-state index in [1.807, 2.05) is 0 Å². The van der Waals surface area contributed by atoms with E-state index in [0.29, 0.717) is 24.5 Å². The average molecular weight is 357 g/mol. The summed E-state index contributed by atoms with van der Waals surface area (Å²) in [5.74, 6) is -0.276. The highest BCUT2D eigenvalue weighted by Gasteiger charge is 2.40. The average Bonchev–Trinajstić information content (AvgIpc) is 3.12. The highest BCUT2D eigenvalue weighted by molar-refractivity contribution is 6.04. The SMILES string of the molecule is O=C(Nc1ccc(F)cc1)c1ccnc(N2CCC3(CC2)OCCO3)c1. The van der Waals surface area contributed by atoms with Gasteiger partial charge in [-0.1, -0.05) is 0 Å². The van der Waals surface area contributed by atoms with Gasteiger partial charge in [-0.3, -0.25) is 4.79 Å². The van der Waals surface area contributed by atoms with Gasteiger partial charge < -0.3 is 19.7 Å². The lowest BCUT2D eigenvalue weighted by atomic mass is 10.0. The van der Waals surface area contributed by atoms with Crippen molar-refractivity contribution in [3.8, 4) is 0 Å². The number of carbonyl (C=O) groups is 1. The van der Waals surface area contributed by atoms with Gasteiger partial charge >= 0.3 is 0 Å². The molecule has 26 heavy (non-hydrogen) atoms. The van der Waals surface area contributed by atoms with E-state index >= 15 is 0 Å². The van der Waals surface area contributed by atoms with Crippen LogP contribution in [0, 0.1) is 5.82 Å². The van der Waals surface area contributed by atoms with Crippen LogP contribution >= 0.6 is 0 Å². The molecule has 3 heterocycles. The molecule has 136 valence electrons. The van der Waals surface area contributed by atoms with Crippen LogP contribution in [-0.2, 0) is 9.47 Å². The number of nitrogens with zero attached hydrogens (tertiary/aromatic N) is 2. The molecule has 1 amide bonds. The van der Waals surface area contributed by atoms with Gasteiger partial charge in [0.05, 0.1) is 13.2 Å². The van der Waals surface area contributed by atoms with E-state index in [4.69, 9.17) is 9.47 Å². The molecule has 1 N–H and O–H groups in total. The van der Waals surface area contributed by atoms with E-state index in [1.54, 1.807) is 18.3 Å². The Hall–Kier alpha value is -2.51. The molecule has 1 aromatic heterocycles. The zero-order valence-electron chi connectivity index (χ0n) is 14.3. The standard InChI is InChI=1S/C19H20FN3O3/c20-15-1-3-16(4-2-15)22-18(24)14-5-8-21-17(13-14)23-9-6-19(7-10-23)25-11-12-26-19/h1-5,8,13H,6-7,9-12H2,(H,22,24). The van der Waals surface area contributed by atoms with E-state index in [-0.39, 0.29) is 11.7 Å². The quantitative estimate of drug-likeness (QED) is 0.915. The molecule has 2 fully saturated rings. The van der Waals surface area contributed by atoms with Crippen LogP contribution in [0.1, 0.15) is 23.2 Å². The minimum atomic E-state index is -0.436. The summed E-state index contributed by atoms with van der Waals surface area (Å²) in [7, 11) is 0. The Balaban J connectivity index is 1.43. The maximum atomic E-state index is 13.0. The number of hydrogen-bond acceptors (Lipinski definition) is 5. The molecule has 0 radical (unpaired) electrons. The minimum absolute atomic E-state index is 0.254. The molecule has 7 heteroatoms. The van der Waals surface area contributed by atoms with Gasteiger partial charge in [-0.2, -0.15) is 0 Å². The van der Waals surface area contributed by atoms with E-state index in [2.05, 4.69) is 15.2 Å². The molecule has 6 nitrogen and oxygen atoms in total. The van der Waals surface area contributed by atoms with Crippen molar-refractivity contribution >= 4 is 17.4 Å². The number of amides is 1. The molecule has 0 bridgehead atoms. The van der Waals surface area contributed by atoms with Crippen molar-refractivity contribution in [2.24, 2.45) is 0 Å². The highest BCUT2D eigenvalue weighted by Crippen LogP contribution is 2.32. The molecule has 0 saturated carbocycles. The Morgan fingerprint density at radius 2 is 1.81 bits per heavy atom. The van der Waals surface area contributed by atoms with Gasteiger partial charge in [0.25, 0.3) is 5.91 Å². The highest BCUT2D eigenvalue weighted by atomic mass is 19.1. The largest absolute Gasteiger partial charge is 0.356 e. The number of anilines is 2. The second-order valence-electron chi connectivity index (χ2n) is 6.46. The first-order chi connectivity index (χ1) is 12.6. The molecule has 2 aliphatic rings. The molecule has 0 unspecified atom stereocenters. The van der Waals surface area contributed by atoms with Gasteiger partial charge in [0.2, 0.25) is 0 Å². The number of aromatic nitrogens is 1. The van der Waals surface area contributed by atoms with E-state index in [9.17, 15) is 9.18 Å². The summed E-state index contributed by atoms with van der Waals surface area (Å²) in [5.41, 5.74) is 1.05. The molecule has 2 aromatic rings. The first kappa shape index (κ1) is 16.9. The monoisotopic (exact) mass is 357 g/mol. The number of piperidine rings is 1. The Morgan fingerprint density at radius 3 is 2.50 bits per heavy atom. The Bertz CT molecular complexity index is 781. The lowest BCUT2D eigenvalue weighted by molar-refractivity contribution is -0.169. The molecule has 4 rings (SSSR count). The van der Waals surface area contributed by atoms with Crippen LogP contribution in [0.3, 0.4) is 0 Å². The summed E-state index contributed by atoms with van der Waals surface area (Å²) < 4.78 is 24.5. The smallest absolute Gasteiger partial charge is 0.255 e. The summed E-state index contributed by atoms with van der Waals surface area (Å²) in [4.78, 5) is 19.0. The van der Waals surface area contributed by atoms with Crippen LogP contribution < -0.4 is 10.2 Å². The predicted octanol–water partition coefficient (Wildman–Crippen LogP) is 2.82. The third-order valence-electron chi connectivity index (χ3n) is 4.77. The molecule has 2 aliphatic heterocycles. The summed E-state index contributed by atoms with van der Waals surface area (Å²) in [6, 6.07) is 9.11. The molecule has 0 aliphatic carbocycles. The van der Waals surface area contributed by atoms with Crippen molar-refractivity contribution in [3.63, 3.8) is 0 Å². The number of nitrogens with one attached hydrogen (secondary N) is 1. The predicted molar refractivity (Wildman–Crippen MR) is 94.7 cm³/mol. The van der Waals surface area contributed by atoms with Crippen molar-refractivity contribution in [3.05, 3.63) is 54.0 Å². The zero-order valence-corrected chi connectivity index (χ0v) is 14.3. The molecule has 1 aromatic carbocycles. The minimum Gasteiger partial charge on any atom is -0.356 e. The van der Waals surface area contributed by atoms with Gasteiger partial charge in [-0.25, -0.2) is 9.37 Å². The Kier molecular flexibility index (Phi) is 4.57. The molecular formula is C19H20FN3O3. The van der Waals surface area contributed by atoms with E-state index < -0.39 is 5.79 Å². The third kappa shape index (κ3) is 3.54. The van der Waals surface area contributed by atoms with Crippen molar-refractivity contribution in [1.82, 2.24) is 4.98 Å². The van der Waals surface area contributed by atoms with Gasteiger partial charge in [-0.05, 0) is 36.4 Å². The topological polar surface area (TPSA) is 63.7 Å². The normalized spacial score (nSPS) is 18.9. The van der Waals surface area contributed by atoms with Gasteiger partial charge in [0.15, 0.2) is 5.79 Å². The summed E-state index contributed by atoms with van der Waals surface area (Å²) >= 11 is 0. The van der Waals surface area contributed by atoms with Crippen molar-refractivity contribution in [2.45, 2.75) is 18.6 Å². The first-order valence-corrected chi connectivity index (χ1v) is 8.69. The second-order valence-corrected chi connectivity index (χ2v) is 6.46. The van der Waals surface area contributed by atoms with Crippen molar-refractivity contribution in [1.29, 1.82) is 0 Å². The zero-order chi connectivity index (χ0) is 18.0. The number of pyridine rings is 1. The van der Waals surface area contributed by atoms with Crippen LogP contribution in [0.4, 0.5) is 15.9 Å². The van der Waals surface area contributed by atoms with Crippen LogP contribution in [0.2, 0.25) is 0 Å². The number of hydrogen-bond donors (Lipinski definition) is 1. The molecule has 2 saturated heterocycles.